The van der Waals surface area contributed by atoms with Crippen molar-refractivity contribution in [2.45, 2.75) is 63.2 Å². The third-order valence-corrected chi connectivity index (χ3v) is 4.93. The molecular formula is C18H33N5O7S. The van der Waals surface area contributed by atoms with Crippen molar-refractivity contribution in [3.8, 4) is 0 Å². The zero-order chi connectivity index (χ0) is 24.0. The maximum absolute atomic E-state index is 12.8. The van der Waals surface area contributed by atoms with Crippen LogP contribution in [-0.2, 0) is 24.0 Å². The van der Waals surface area contributed by atoms with E-state index in [1.807, 2.05) is 6.26 Å². The van der Waals surface area contributed by atoms with Crippen LogP contribution in [0.5, 0.6) is 0 Å². The summed E-state index contributed by atoms with van der Waals surface area (Å²) in [6.45, 7) is 1.69. The molecule has 0 heterocycles. The number of hydrogen-bond donors (Lipinski definition) is 7. The second kappa shape index (κ2) is 15.4. The number of rotatable bonds is 16. The Balaban J connectivity index is 5.29. The summed E-state index contributed by atoms with van der Waals surface area (Å²) in [7, 11) is 0. The molecule has 0 aromatic rings. The van der Waals surface area contributed by atoms with Crippen LogP contribution >= 0.6 is 11.8 Å². The molecule has 0 rings (SSSR count). The average molecular weight is 464 g/mol. The highest BCUT2D eigenvalue weighted by Crippen LogP contribution is 2.06. The van der Waals surface area contributed by atoms with Crippen LogP contribution in [0.3, 0.4) is 0 Å². The Labute approximate surface area is 185 Å². The summed E-state index contributed by atoms with van der Waals surface area (Å²) in [6.07, 6.45) is 2.78. The minimum atomic E-state index is -1.33. The van der Waals surface area contributed by atoms with Gasteiger partial charge in [-0.25, -0.2) is 0 Å². The Bertz CT molecular complexity index is 634. The number of hydrogen-bond acceptors (Lipinski definition) is 8. The summed E-state index contributed by atoms with van der Waals surface area (Å²) in [5, 5.41) is 25.0. The van der Waals surface area contributed by atoms with E-state index in [0.29, 0.717) is 25.1 Å². The second-order valence-electron chi connectivity index (χ2n) is 6.96. The fourth-order valence-corrected chi connectivity index (χ4v) is 2.95. The number of unbranched alkanes of at least 4 members (excludes halogenated alkanes) is 1. The molecule has 13 heteroatoms. The Hall–Kier alpha value is -2.38. The van der Waals surface area contributed by atoms with Gasteiger partial charge in [0.15, 0.2) is 0 Å². The van der Waals surface area contributed by atoms with Crippen molar-refractivity contribution in [3.63, 3.8) is 0 Å². The normalized spacial score (nSPS) is 14.6. The van der Waals surface area contributed by atoms with Crippen LogP contribution in [0.25, 0.3) is 0 Å². The lowest BCUT2D eigenvalue weighted by Gasteiger charge is -2.24. The van der Waals surface area contributed by atoms with E-state index in [1.54, 1.807) is 0 Å². The third kappa shape index (κ3) is 12.2. The Morgan fingerprint density at radius 3 is 1.97 bits per heavy atom. The molecule has 3 amide bonds. The van der Waals surface area contributed by atoms with Crippen molar-refractivity contribution in [2.75, 3.05) is 18.6 Å². The minimum Gasteiger partial charge on any atom is -0.481 e. The molecule has 4 atom stereocenters. The van der Waals surface area contributed by atoms with Gasteiger partial charge in [0, 0.05) is 0 Å². The van der Waals surface area contributed by atoms with E-state index in [4.69, 9.17) is 21.7 Å². The molecule has 0 bridgehead atoms. The summed E-state index contributed by atoms with van der Waals surface area (Å²) in [5.41, 5.74) is 11.0. The predicted octanol–water partition coefficient (Wildman–Crippen LogP) is -1.77. The molecule has 178 valence electrons. The quantitative estimate of drug-likeness (QED) is 0.128. The molecule has 4 unspecified atom stereocenters. The van der Waals surface area contributed by atoms with Crippen molar-refractivity contribution < 1.29 is 34.2 Å². The second-order valence-corrected chi connectivity index (χ2v) is 7.95. The fraction of sp³-hybridized carbons (Fsp3) is 0.722. The molecule has 0 aliphatic rings. The number of nitrogens with two attached hydrogens (primary N) is 2. The molecule has 0 saturated carbocycles. The van der Waals surface area contributed by atoms with Crippen molar-refractivity contribution >= 4 is 41.4 Å². The van der Waals surface area contributed by atoms with Crippen molar-refractivity contribution in [1.82, 2.24) is 16.0 Å². The summed E-state index contributed by atoms with van der Waals surface area (Å²) >= 11 is 1.43. The van der Waals surface area contributed by atoms with E-state index < -0.39 is 60.2 Å². The van der Waals surface area contributed by atoms with E-state index in [-0.39, 0.29) is 12.8 Å². The summed E-state index contributed by atoms with van der Waals surface area (Å²) in [5.74, 6) is -4.09. The van der Waals surface area contributed by atoms with Gasteiger partial charge in [-0.2, -0.15) is 11.8 Å². The zero-order valence-corrected chi connectivity index (χ0v) is 18.6. The van der Waals surface area contributed by atoms with Gasteiger partial charge in [0.2, 0.25) is 17.7 Å². The number of carbonyl (C=O) groups excluding carboxylic acids is 3. The number of aliphatic carboxylic acids is 2. The first kappa shape index (κ1) is 28.6. The van der Waals surface area contributed by atoms with Crippen molar-refractivity contribution in [3.05, 3.63) is 0 Å². The lowest BCUT2D eigenvalue weighted by molar-refractivity contribution is -0.141. The highest BCUT2D eigenvalue weighted by Gasteiger charge is 2.29. The van der Waals surface area contributed by atoms with Gasteiger partial charge in [-0.1, -0.05) is 0 Å². The van der Waals surface area contributed by atoms with Crippen LogP contribution in [-0.4, -0.2) is 82.6 Å². The van der Waals surface area contributed by atoms with Gasteiger partial charge < -0.3 is 37.6 Å². The van der Waals surface area contributed by atoms with Crippen LogP contribution in [0.15, 0.2) is 0 Å². The predicted molar refractivity (Wildman–Crippen MR) is 115 cm³/mol. The summed E-state index contributed by atoms with van der Waals surface area (Å²) in [4.78, 5) is 59.2. The molecule has 31 heavy (non-hydrogen) atoms. The fourth-order valence-electron chi connectivity index (χ4n) is 2.47. The zero-order valence-electron chi connectivity index (χ0n) is 17.8. The van der Waals surface area contributed by atoms with Crippen LogP contribution in [0.2, 0.25) is 0 Å². The Morgan fingerprint density at radius 1 is 0.903 bits per heavy atom. The van der Waals surface area contributed by atoms with Gasteiger partial charge in [-0.15, -0.1) is 0 Å². The summed E-state index contributed by atoms with van der Waals surface area (Å²) in [6, 6.07) is -4.55. The van der Waals surface area contributed by atoms with Gasteiger partial charge in [0.25, 0.3) is 0 Å². The van der Waals surface area contributed by atoms with Gasteiger partial charge in [-0.05, 0) is 51.2 Å². The maximum Gasteiger partial charge on any atom is 0.325 e. The molecule has 0 spiro atoms. The maximum atomic E-state index is 12.8. The van der Waals surface area contributed by atoms with Crippen LogP contribution in [0, 0.1) is 0 Å². The summed E-state index contributed by atoms with van der Waals surface area (Å²) < 4.78 is 0. The van der Waals surface area contributed by atoms with E-state index in [0.717, 1.165) is 0 Å². The number of carboxylic acid groups (broad SMARTS) is 2. The molecule has 0 aromatic heterocycles. The first-order valence-corrected chi connectivity index (χ1v) is 11.2. The SMILES string of the molecule is CSCCC(NC(=O)C(N)CC(=O)O)C(=O)NC(CCCCN)C(=O)NC(C)C(=O)O. The number of nitrogens with one attached hydrogen (secondary N) is 3. The molecule has 0 aromatic carbocycles. The molecule has 12 nitrogen and oxygen atoms in total. The third-order valence-electron chi connectivity index (χ3n) is 4.28. The largest absolute Gasteiger partial charge is 0.481 e. The van der Waals surface area contributed by atoms with E-state index in [9.17, 15) is 24.0 Å². The number of amides is 3. The highest BCUT2D eigenvalue weighted by molar-refractivity contribution is 7.98. The van der Waals surface area contributed by atoms with Crippen molar-refractivity contribution in [1.29, 1.82) is 0 Å². The highest BCUT2D eigenvalue weighted by atomic mass is 32.2. The van der Waals surface area contributed by atoms with Crippen LogP contribution < -0.4 is 27.4 Å². The first-order chi connectivity index (χ1) is 14.5. The monoisotopic (exact) mass is 463 g/mol. The number of carboxylic acids is 2. The Kier molecular flexibility index (Phi) is 14.2. The molecule has 0 radical (unpaired) electrons. The lowest BCUT2D eigenvalue weighted by Crippen LogP contribution is -2.57. The minimum absolute atomic E-state index is 0.223. The van der Waals surface area contributed by atoms with Crippen molar-refractivity contribution in [2.24, 2.45) is 11.5 Å². The van der Waals surface area contributed by atoms with Gasteiger partial charge in [0.05, 0.1) is 12.5 Å². The number of carbonyl (C=O) groups is 5. The first-order valence-electron chi connectivity index (χ1n) is 9.83. The molecule has 0 aliphatic carbocycles. The molecular weight excluding hydrogens is 430 g/mol. The standard InChI is InChI=1S/C18H33N5O7S/c1-10(18(29)30)21-16(27)12(5-3-4-7-19)23-17(28)13(6-8-31-2)22-15(26)11(20)9-14(24)25/h10-13H,3-9,19-20H2,1-2H3,(H,21,27)(H,22,26)(H,23,28)(H,24,25)(H,29,30). The number of thioether (sulfide) groups is 1. The molecule has 0 aliphatic heterocycles. The van der Waals surface area contributed by atoms with E-state index >= 15 is 0 Å². The van der Waals surface area contributed by atoms with Gasteiger partial charge in [-0.3, -0.25) is 24.0 Å². The van der Waals surface area contributed by atoms with Gasteiger partial charge in [0.1, 0.15) is 18.1 Å². The topological polar surface area (TPSA) is 214 Å². The molecule has 9 N–H and O–H groups in total. The van der Waals surface area contributed by atoms with Crippen LogP contribution in [0.1, 0.15) is 39.0 Å². The van der Waals surface area contributed by atoms with Crippen LogP contribution in [0.4, 0.5) is 0 Å². The lowest BCUT2D eigenvalue weighted by atomic mass is 10.1. The molecule has 0 saturated heterocycles. The van der Waals surface area contributed by atoms with Gasteiger partial charge >= 0.3 is 11.9 Å². The average Bonchev–Trinajstić information content (AvgIpc) is 2.69. The van der Waals surface area contributed by atoms with E-state index in [2.05, 4.69) is 16.0 Å². The smallest absolute Gasteiger partial charge is 0.325 e. The molecule has 0 fully saturated rings. The van der Waals surface area contributed by atoms with E-state index in [1.165, 1.54) is 18.7 Å². The Morgan fingerprint density at radius 2 is 1.45 bits per heavy atom.